The van der Waals surface area contributed by atoms with Crippen molar-refractivity contribution in [3.63, 3.8) is 0 Å². The Bertz CT molecular complexity index is 925. The van der Waals surface area contributed by atoms with E-state index >= 15 is 0 Å². The van der Waals surface area contributed by atoms with Gasteiger partial charge in [-0.25, -0.2) is 0 Å². The zero-order valence-corrected chi connectivity index (χ0v) is 14.9. The number of anilines is 1. The summed E-state index contributed by atoms with van der Waals surface area (Å²) in [6.45, 7) is 0. The molecule has 3 aromatic carbocycles. The second-order valence-corrected chi connectivity index (χ2v) is 6.59. The summed E-state index contributed by atoms with van der Waals surface area (Å²) in [6, 6.07) is 27.0. The molecule has 2 N–H and O–H groups in total. The molecule has 0 amide bonds. The van der Waals surface area contributed by atoms with Crippen LogP contribution in [0.25, 0.3) is 5.76 Å². The number of para-hydroxylation sites is 2. The van der Waals surface area contributed by atoms with Crippen molar-refractivity contribution in [3.05, 3.63) is 101 Å². The Balaban J connectivity index is 1.92. The summed E-state index contributed by atoms with van der Waals surface area (Å²) < 4.78 is 6.95. The van der Waals surface area contributed by atoms with Crippen molar-refractivity contribution in [2.75, 3.05) is 5.32 Å². The molecule has 0 bridgehead atoms. The minimum absolute atomic E-state index is 0.161. The third kappa shape index (κ3) is 2.68. The van der Waals surface area contributed by atoms with E-state index in [1.54, 1.807) is 0 Å². The van der Waals surface area contributed by atoms with Gasteiger partial charge in [-0.3, -0.25) is 0 Å². The van der Waals surface area contributed by atoms with Gasteiger partial charge in [0.25, 0.3) is 0 Å². The van der Waals surface area contributed by atoms with Crippen molar-refractivity contribution in [1.82, 2.24) is 0 Å². The smallest absolute Gasteiger partial charge is 0.243 e. The third-order valence-electron chi connectivity index (χ3n) is 4.20. The van der Waals surface area contributed by atoms with Crippen LogP contribution in [0.2, 0.25) is 0 Å². The van der Waals surface area contributed by atoms with E-state index in [0.717, 1.165) is 11.3 Å². The molecule has 4 rings (SSSR count). The molecule has 0 aromatic heterocycles. The first kappa shape index (κ1) is 15.8. The van der Waals surface area contributed by atoms with Crippen molar-refractivity contribution >= 4 is 27.4 Å². The normalized spacial score (nSPS) is 19.1. The van der Waals surface area contributed by atoms with Crippen LogP contribution in [0.4, 0.5) is 5.69 Å². The molecular formula is C21H16BrNO2. The van der Waals surface area contributed by atoms with Gasteiger partial charge >= 0.3 is 0 Å². The first-order valence-electron chi connectivity index (χ1n) is 7.97. The molecule has 25 heavy (non-hydrogen) atoms. The first-order chi connectivity index (χ1) is 12.2. The van der Waals surface area contributed by atoms with Crippen molar-refractivity contribution in [2.45, 2.75) is 5.72 Å². The summed E-state index contributed by atoms with van der Waals surface area (Å²) in [5.41, 5.74) is 1.37. The Kier molecular flexibility index (Phi) is 3.98. The van der Waals surface area contributed by atoms with Crippen LogP contribution in [0.3, 0.4) is 0 Å². The summed E-state index contributed by atoms with van der Waals surface area (Å²) in [6.07, 6.45) is 0. The lowest BCUT2D eigenvalue weighted by molar-refractivity contribution is 0.139. The highest BCUT2D eigenvalue weighted by Crippen LogP contribution is 2.47. The Morgan fingerprint density at radius 2 is 1.40 bits per heavy atom. The summed E-state index contributed by atoms with van der Waals surface area (Å²) in [7, 11) is 0. The number of aliphatic hydroxyl groups is 1. The number of ether oxygens (including phenoxy) is 1. The molecule has 0 fully saturated rings. The van der Waals surface area contributed by atoms with Crippen LogP contribution in [0.1, 0.15) is 11.1 Å². The molecule has 0 spiro atoms. The molecule has 3 aromatic rings. The van der Waals surface area contributed by atoms with Crippen LogP contribution in [0.15, 0.2) is 89.4 Å². The summed E-state index contributed by atoms with van der Waals surface area (Å²) in [5.74, 6) is 0.782. The molecule has 0 unspecified atom stereocenters. The largest absolute Gasteiger partial charge is 0.506 e. The number of halogens is 1. The lowest BCUT2D eigenvalue weighted by Gasteiger charge is -2.40. The summed E-state index contributed by atoms with van der Waals surface area (Å²) >= 11 is 3.58. The molecule has 0 aliphatic carbocycles. The Hall–Kier alpha value is -2.72. The van der Waals surface area contributed by atoms with Gasteiger partial charge in [0.1, 0.15) is 16.0 Å². The molecule has 3 nitrogen and oxygen atoms in total. The molecule has 0 saturated carbocycles. The van der Waals surface area contributed by atoms with Crippen LogP contribution < -0.4 is 10.1 Å². The van der Waals surface area contributed by atoms with E-state index in [-0.39, 0.29) is 5.76 Å². The van der Waals surface area contributed by atoms with E-state index < -0.39 is 5.72 Å². The average Bonchev–Trinajstić information content (AvgIpc) is 2.67. The minimum atomic E-state index is -1.05. The summed E-state index contributed by atoms with van der Waals surface area (Å²) in [5, 5.41) is 14.3. The molecular weight excluding hydrogens is 378 g/mol. The molecule has 1 atom stereocenters. The Morgan fingerprint density at radius 1 is 0.800 bits per heavy atom. The van der Waals surface area contributed by atoms with Gasteiger partial charge in [0, 0.05) is 11.3 Å². The predicted octanol–water partition coefficient (Wildman–Crippen LogP) is 5.67. The number of aliphatic hydroxyl groups excluding tert-OH is 1. The van der Waals surface area contributed by atoms with Gasteiger partial charge in [-0.15, -0.1) is 0 Å². The lowest BCUT2D eigenvalue weighted by Crippen LogP contribution is -2.44. The molecule has 124 valence electrons. The third-order valence-corrected chi connectivity index (χ3v) is 5.13. The second-order valence-electron chi connectivity index (χ2n) is 5.80. The van der Waals surface area contributed by atoms with Crippen molar-refractivity contribution in [3.8, 4) is 5.75 Å². The van der Waals surface area contributed by atoms with E-state index in [1.165, 1.54) is 0 Å². The molecule has 0 radical (unpaired) electrons. The van der Waals surface area contributed by atoms with E-state index in [0.29, 0.717) is 15.8 Å². The first-order valence-corrected chi connectivity index (χ1v) is 8.76. The number of nitrogens with one attached hydrogen (secondary N) is 1. The number of fused-ring (bicyclic) bond motifs is 1. The highest BCUT2D eigenvalue weighted by Gasteiger charge is 2.44. The van der Waals surface area contributed by atoms with Crippen LogP contribution in [-0.4, -0.2) is 5.11 Å². The van der Waals surface area contributed by atoms with Crippen molar-refractivity contribution in [1.29, 1.82) is 0 Å². The maximum Gasteiger partial charge on any atom is 0.243 e. The van der Waals surface area contributed by atoms with Crippen LogP contribution in [-0.2, 0) is 5.72 Å². The minimum Gasteiger partial charge on any atom is -0.506 e. The highest BCUT2D eigenvalue weighted by molar-refractivity contribution is 9.11. The average molecular weight is 394 g/mol. The van der Waals surface area contributed by atoms with E-state index in [4.69, 9.17) is 4.74 Å². The van der Waals surface area contributed by atoms with Gasteiger partial charge in [0.15, 0.2) is 0 Å². The fourth-order valence-electron chi connectivity index (χ4n) is 2.98. The SMILES string of the molecule is OC1=C(Br)[C@](Nc2ccccc2)(c2ccccc2)Oc2ccccc21. The number of hydrogen-bond acceptors (Lipinski definition) is 3. The molecule has 1 aliphatic heterocycles. The van der Waals surface area contributed by atoms with Gasteiger partial charge in [-0.1, -0.05) is 60.7 Å². The van der Waals surface area contributed by atoms with Crippen molar-refractivity contribution in [2.24, 2.45) is 0 Å². The zero-order chi connectivity index (χ0) is 17.3. The van der Waals surface area contributed by atoms with Crippen LogP contribution in [0.5, 0.6) is 5.75 Å². The van der Waals surface area contributed by atoms with E-state index in [1.807, 2.05) is 84.9 Å². The summed E-state index contributed by atoms with van der Waals surface area (Å²) in [4.78, 5) is 0. The second kappa shape index (κ2) is 6.30. The van der Waals surface area contributed by atoms with Gasteiger partial charge in [0.2, 0.25) is 5.72 Å². The predicted molar refractivity (Wildman–Crippen MR) is 104 cm³/mol. The molecule has 0 saturated heterocycles. The highest BCUT2D eigenvalue weighted by atomic mass is 79.9. The fourth-order valence-corrected chi connectivity index (χ4v) is 3.60. The number of benzene rings is 3. The lowest BCUT2D eigenvalue weighted by atomic mass is 9.96. The van der Waals surface area contributed by atoms with Gasteiger partial charge in [-0.2, -0.15) is 0 Å². The zero-order valence-electron chi connectivity index (χ0n) is 13.3. The van der Waals surface area contributed by atoms with Crippen LogP contribution in [0, 0.1) is 0 Å². The monoisotopic (exact) mass is 393 g/mol. The molecule has 1 aliphatic rings. The Labute approximate surface area is 154 Å². The standard InChI is InChI=1S/C21H16BrNO2/c22-20-19(24)17-13-7-8-14-18(17)25-21(20,15-9-3-1-4-10-15)23-16-11-5-2-6-12-16/h1-14,23-24H/t21-/m0/s1. The Morgan fingerprint density at radius 3 is 2.12 bits per heavy atom. The van der Waals surface area contributed by atoms with Gasteiger partial charge < -0.3 is 15.2 Å². The fraction of sp³-hybridized carbons (Fsp3) is 0.0476. The quantitative estimate of drug-likeness (QED) is 0.602. The van der Waals surface area contributed by atoms with Crippen LogP contribution >= 0.6 is 15.9 Å². The van der Waals surface area contributed by atoms with E-state index in [9.17, 15) is 5.11 Å². The number of hydrogen-bond donors (Lipinski definition) is 2. The van der Waals surface area contributed by atoms with Gasteiger partial charge in [0.05, 0.1) is 5.56 Å². The molecule has 4 heteroatoms. The van der Waals surface area contributed by atoms with E-state index in [2.05, 4.69) is 21.2 Å². The number of rotatable bonds is 3. The maximum absolute atomic E-state index is 10.8. The van der Waals surface area contributed by atoms with Gasteiger partial charge in [-0.05, 0) is 40.2 Å². The van der Waals surface area contributed by atoms with Crippen molar-refractivity contribution < 1.29 is 9.84 Å². The maximum atomic E-state index is 10.8. The molecule has 1 heterocycles. The topological polar surface area (TPSA) is 41.5 Å².